The summed E-state index contributed by atoms with van der Waals surface area (Å²) in [6, 6.07) is 6.29. The van der Waals surface area contributed by atoms with Crippen LogP contribution in [0.4, 0.5) is 0 Å². The number of nitrogens with one attached hydrogen (secondary N) is 2. The fourth-order valence-corrected chi connectivity index (χ4v) is 3.62. The Labute approximate surface area is 131 Å². The second-order valence-corrected chi connectivity index (χ2v) is 7.24. The number of sulfonamides is 1. The molecule has 0 radical (unpaired) electrons. The van der Waals surface area contributed by atoms with E-state index >= 15 is 0 Å². The zero-order chi connectivity index (χ0) is 16.0. The molecule has 5 nitrogen and oxygen atoms in total. The molecular weight excluding hydrogens is 300 g/mol. The summed E-state index contributed by atoms with van der Waals surface area (Å²) in [7, 11) is -3.61. The Morgan fingerprint density at radius 1 is 1.27 bits per heavy atom. The van der Waals surface area contributed by atoms with Gasteiger partial charge in [-0.25, -0.2) is 13.1 Å². The van der Waals surface area contributed by atoms with E-state index in [1.165, 1.54) is 24.6 Å². The predicted octanol–water partition coefficient (Wildman–Crippen LogP) is 2.21. The second kappa shape index (κ2) is 7.56. The lowest BCUT2D eigenvalue weighted by molar-refractivity contribution is 0.0927. The summed E-state index contributed by atoms with van der Waals surface area (Å²) >= 11 is 0. The summed E-state index contributed by atoms with van der Waals surface area (Å²) in [5.74, 6) is -0.215. The molecule has 0 spiro atoms. The van der Waals surface area contributed by atoms with Crippen molar-refractivity contribution in [1.82, 2.24) is 10.0 Å². The molecule has 0 heterocycles. The van der Waals surface area contributed by atoms with Crippen molar-refractivity contribution in [2.45, 2.75) is 43.0 Å². The van der Waals surface area contributed by atoms with E-state index in [1.54, 1.807) is 12.1 Å². The van der Waals surface area contributed by atoms with Crippen molar-refractivity contribution >= 4 is 15.9 Å². The van der Waals surface area contributed by atoms with Gasteiger partial charge in [-0.15, -0.1) is 6.58 Å². The smallest absolute Gasteiger partial charge is 0.251 e. The van der Waals surface area contributed by atoms with Crippen LogP contribution in [-0.4, -0.2) is 26.9 Å². The number of carbonyl (C=O) groups is 1. The molecule has 1 aromatic carbocycles. The first kappa shape index (κ1) is 16.7. The van der Waals surface area contributed by atoms with Crippen molar-refractivity contribution in [3.05, 3.63) is 42.5 Å². The third-order valence-corrected chi connectivity index (χ3v) is 5.19. The van der Waals surface area contributed by atoms with Gasteiger partial charge in [-0.05, 0) is 31.0 Å². The van der Waals surface area contributed by atoms with Crippen LogP contribution >= 0.6 is 0 Å². The molecule has 22 heavy (non-hydrogen) atoms. The van der Waals surface area contributed by atoms with Gasteiger partial charge >= 0.3 is 0 Å². The molecule has 1 saturated carbocycles. The SMILES string of the molecule is C=CCNS(=O)(=O)c1cccc(C(=O)NC2CCCCC2)c1. The van der Waals surface area contributed by atoms with Crippen LogP contribution in [-0.2, 0) is 10.0 Å². The summed E-state index contributed by atoms with van der Waals surface area (Å²) < 4.78 is 26.5. The molecule has 0 unspecified atom stereocenters. The van der Waals surface area contributed by atoms with Gasteiger partial charge in [-0.1, -0.05) is 31.4 Å². The monoisotopic (exact) mass is 322 g/mol. The molecule has 1 aromatic rings. The maximum absolute atomic E-state index is 12.3. The number of benzene rings is 1. The normalized spacial score (nSPS) is 16.2. The first-order valence-corrected chi connectivity index (χ1v) is 9.03. The zero-order valence-corrected chi connectivity index (χ0v) is 13.4. The van der Waals surface area contributed by atoms with Gasteiger partial charge in [0.2, 0.25) is 10.0 Å². The van der Waals surface area contributed by atoms with Crippen molar-refractivity contribution in [1.29, 1.82) is 0 Å². The zero-order valence-electron chi connectivity index (χ0n) is 12.5. The fourth-order valence-electron chi connectivity index (χ4n) is 2.57. The Morgan fingerprint density at radius 3 is 2.68 bits per heavy atom. The van der Waals surface area contributed by atoms with Crippen LogP contribution in [0.5, 0.6) is 0 Å². The highest BCUT2D eigenvalue weighted by molar-refractivity contribution is 7.89. The van der Waals surface area contributed by atoms with Gasteiger partial charge in [0, 0.05) is 18.2 Å². The third-order valence-electron chi connectivity index (χ3n) is 3.76. The Balaban J connectivity index is 2.10. The molecular formula is C16H22N2O3S. The van der Waals surface area contributed by atoms with E-state index < -0.39 is 10.0 Å². The van der Waals surface area contributed by atoms with E-state index in [0.717, 1.165) is 25.7 Å². The summed E-state index contributed by atoms with van der Waals surface area (Å²) in [5.41, 5.74) is 0.368. The molecule has 0 saturated heterocycles. The van der Waals surface area contributed by atoms with Crippen molar-refractivity contribution < 1.29 is 13.2 Å². The van der Waals surface area contributed by atoms with Crippen molar-refractivity contribution in [2.75, 3.05) is 6.54 Å². The van der Waals surface area contributed by atoms with Gasteiger partial charge < -0.3 is 5.32 Å². The van der Waals surface area contributed by atoms with E-state index in [9.17, 15) is 13.2 Å². The molecule has 1 aliphatic rings. The number of hydrogen-bond donors (Lipinski definition) is 2. The van der Waals surface area contributed by atoms with E-state index in [1.807, 2.05) is 0 Å². The van der Waals surface area contributed by atoms with E-state index in [0.29, 0.717) is 5.56 Å². The Morgan fingerprint density at radius 2 is 2.00 bits per heavy atom. The van der Waals surface area contributed by atoms with Crippen molar-refractivity contribution in [2.24, 2.45) is 0 Å². The summed E-state index contributed by atoms with van der Waals surface area (Å²) in [4.78, 5) is 12.4. The summed E-state index contributed by atoms with van der Waals surface area (Å²) in [5, 5.41) is 2.99. The van der Waals surface area contributed by atoms with Crippen LogP contribution in [0.25, 0.3) is 0 Å². The van der Waals surface area contributed by atoms with Crippen molar-refractivity contribution in [3.63, 3.8) is 0 Å². The Bertz CT molecular complexity index is 635. The third kappa shape index (κ3) is 4.42. The van der Waals surface area contributed by atoms with Crippen LogP contribution in [0.15, 0.2) is 41.8 Å². The lowest BCUT2D eigenvalue weighted by atomic mass is 9.95. The topological polar surface area (TPSA) is 75.3 Å². The number of rotatable bonds is 6. The first-order valence-electron chi connectivity index (χ1n) is 7.54. The number of hydrogen-bond acceptors (Lipinski definition) is 3. The highest BCUT2D eigenvalue weighted by Crippen LogP contribution is 2.18. The standard InChI is InChI=1S/C16H22N2O3S/c1-2-11-17-22(20,21)15-10-6-7-13(12-15)16(19)18-14-8-4-3-5-9-14/h2,6-7,10,12,14,17H,1,3-5,8-9,11H2,(H,18,19). The average Bonchev–Trinajstić information content (AvgIpc) is 2.54. The molecule has 0 atom stereocenters. The summed E-state index contributed by atoms with van der Waals surface area (Å²) in [6.07, 6.45) is 6.93. The number of amides is 1. The highest BCUT2D eigenvalue weighted by Gasteiger charge is 2.19. The molecule has 0 bridgehead atoms. The largest absolute Gasteiger partial charge is 0.349 e. The van der Waals surface area contributed by atoms with Crippen LogP contribution in [0, 0.1) is 0 Å². The van der Waals surface area contributed by atoms with Crippen LogP contribution in [0.3, 0.4) is 0 Å². The van der Waals surface area contributed by atoms with Crippen LogP contribution in [0.2, 0.25) is 0 Å². The lowest BCUT2D eigenvalue weighted by Crippen LogP contribution is -2.36. The minimum atomic E-state index is -3.61. The van der Waals surface area contributed by atoms with Gasteiger partial charge in [0.1, 0.15) is 0 Å². The minimum Gasteiger partial charge on any atom is -0.349 e. The minimum absolute atomic E-state index is 0.0886. The fraction of sp³-hybridized carbons (Fsp3) is 0.438. The number of carbonyl (C=O) groups excluding carboxylic acids is 1. The molecule has 6 heteroatoms. The van der Waals surface area contributed by atoms with E-state index in [4.69, 9.17) is 0 Å². The van der Waals surface area contributed by atoms with E-state index in [2.05, 4.69) is 16.6 Å². The molecule has 0 aliphatic heterocycles. The average molecular weight is 322 g/mol. The maximum atomic E-state index is 12.3. The summed E-state index contributed by atoms with van der Waals surface area (Å²) in [6.45, 7) is 3.63. The highest BCUT2D eigenvalue weighted by atomic mass is 32.2. The van der Waals surface area contributed by atoms with Crippen LogP contribution < -0.4 is 10.0 Å². The molecule has 2 rings (SSSR count). The van der Waals surface area contributed by atoms with Crippen LogP contribution in [0.1, 0.15) is 42.5 Å². The molecule has 1 amide bonds. The Hall–Kier alpha value is -1.66. The molecule has 2 N–H and O–H groups in total. The predicted molar refractivity (Wildman–Crippen MR) is 86.2 cm³/mol. The van der Waals surface area contributed by atoms with Gasteiger partial charge in [0.15, 0.2) is 0 Å². The molecule has 0 aromatic heterocycles. The van der Waals surface area contributed by atoms with Crippen molar-refractivity contribution in [3.8, 4) is 0 Å². The quantitative estimate of drug-likeness (QED) is 0.789. The van der Waals surface area contributed by atoms with Gasteiger partial charge in [0.25, 0.3) is 5.91 Å². The maximum Gasteiger partial charge on any atom is 0.251 e. The lowest BCUT2D eigenvalue weighted by Gasteiger charge is -2.22. The van der Waals surface area contributed by atoms with Gasteiger partial charge in [-0.3, -0.25) is 4.79 Å². The molecule has 1 aliphatic carbocycles. The second-order valence-electron chi connectivity index (χ2n) is 5.48. The Kier molecular flexibility index (Phi) is 5.74. The molecule has 1 fully saturated rings. The van der Waals surface area contributed by atoms with E-state index in [-0.39, 0.29) is 23.4 Å². The van der Waals surface area contributed by atoms with Gasteiger partial charge in [0.05, 0.1) is 4.90 Å². The van der Waals surface area contributed by atoms with Gasteiger partial charge in [-0.2, -0.15) is 0 Å². The first-order chi connectivity index (χ1) is 10.5. The molecule has 120 valence electrons.